The SMILES string of the molecule is Cc1ccc2c(c1)c(S(C)(=O)=O)c(CCO)n2CC#N. The van der Waals surface area contributed by atoms with E-state index in [0.29, 0.717) is 16.6 Å². The van der Waals surface area contributed by atoms with E-state index in [9.17, 15) is 13.5 Å². The van der Waals surface area contributed by atoms with E-state index in [1.54, 1.807) is 10.6 Å². The maximum absolute atomic E-state index is 12.1. The minimum absolute atomic E-state index is 0.0599. The van der Waals surface area contributed by atoms with Crippen LogP contribution in [0.1, 0.15) is 11.3 Å². The van der Waals surface area contributed by atoms with E-state index in [4.69, 9.17) is 5.26 Å². The van der Waals surface area contributed by atoms with Crippen molar-refractivity contribution in [2.45, 2.75) is 24.8 Å². The Morgan fingerprint density at radius 3 is 2.65 bits per heavy atom. The first kappa shape index (κ1) is 14.6. The van der Waals surface area contributed by atoms with E-state index >= 15 is 0 Å². The molecule has 0 atom stereocenters. The van der Waals surface area contributed by atoms with E-state index in [-0.39, 0.29) is 24.5 Å². The molecular weight excluding hydrogens is 276 g/mol. The molecule has 20 heavy (non-hydrogen) atoms. The number of nitrogens with zero attached hydrogens (tertiary/aromatic N) is 2. The third-order valence-corrected chi connectivity index (χ3v) is 4.42. The number of aliphatic hydroxyl groups excluding tert-OH is 1. The highest BCUT2D eigenvalue weighted by Gasteiger charge is 2.23. The first-order valence-corrected chi connectivity index (χ1v) is 8.09. The van der Waals surface area contributed by atoms with Crippen LogP contribution in [-0.4, -0.2) is 31.0 Å². The predicted octanol–water partition coefficient (Wildman–Crippen LogP) is 1.41. The zero-order chi connectivity index (χ0) is 14.9. The zero-order valence-electron chi connectivity index (χ0n) is 11.4. The molecular formula is C14H16N2O3S. The smallest absolute Gasteiger partial charge is 0.177 e. The first-order valence-electron chi connectivity index (χ1n) is 6.19. The molecule has 0 fully saturated rings. The van der Waals surface area contributed by atoms with E-state index in [0.717, 1.165) is 11.8 Å². The highest BCUT2D eigenvalue weighted by molar-refractivity contribution is 7.91. The second-order valence-electron chi connectivity index (χ2n) is 4.79. The van der Waals surface area contributed by atoms with Crippen molar-refractivity contribution < 1.29 is 13.5 Å². The molecule has 1 aromatic heterocycles. The molecule has 0 radical (unpaired) electrons. The summed E-state index contributed by atoms with van der Waals surface area (Å²) in [4.78, 5) is 0.223. The van der Waals surface area contributed by atoms with E-state index in [1.165, 1.54) is 0 Å². The van der Waals surface area contributed by atoms with Crippen LogP contribution in [0.3, 0.4) is 0 Å². The molecule has 0 aliphatic rings. The third kappa shape index (κ3) is 2.42. The van der Waals surface area contributed by atoms with E-state index in [1.807, 2.05) is 25.1 Å². The fourth-order valence-electron chi connectivity index (χ4n) is 2.51. The number of rotatable bonds is 4. The molecule has 0 bridgehead atoms. The minimum Gasteiger partial charge on any atom is -0.396 e. The number of hydrogen-bond donors (Lipinski definition) is 1. The number of sulfone groups is 1. The number of benzene rings is 1. The monoisotopic (exact) mass is 292 g/mol. The van der Waals surface area contributed by atoms with Gasteiger partial charge < -0.3 is 9.67 Å². The van der Waals surface area contributed by atoms with E-state index in [2.05, 4.69) is 0 Å². The molecule has 0 spiro atoms. The maximum atomic E-state index is 12.1. The Morgan fingerprint density at radius 1 is 1.40 bits per heavy atom. The summed E-state index contributed by atoms with van der Waals surface area (Å²) in [5.41, 5.74) is 2.16. The molecule has 0 amide bonds. The summed E-state index contributed by atoms with van der Waals surface area (Å²) in [5.74, 6) is 0. The number of hydrogen-bond acceptors (Lipinski definition) is 4. The Morgan fingerprint density at radius 2 is 2.10 bits per heavy atom. The quantitative estimate of drug-likeness (QED) is 0.923. The summed E-state index contributed by atoms with van der Waals surface area (Å²) in [7, 11) is -3.44. The lowest BCUT2D eigenvalue weighted by atomic mass is 10.2. The second-order valence-corrected chi connectivity index (χ2v) is 6.74. The van der Waals surface area contributed by atoms with Gasteiger partial charge in [0.15, 0.2) is 9.84 Å². The molecule has 1 N–H and O–H groups in total. The van der Waals surface area contributed by atoms with Crippen molar-refractivity contribution in [2.75, 3.05) is 12.9 Å². The van der Waals surface area contributed by atoms with Crippen LogP contribution in [0.15, 0.2) is 23.1 Å². The summed E-state index contributed by atoms with van der Waals surface area (Å²) in [6.45, 7) is 1.78. The van der Waals surface area contributed by atoms with Crippen LogP contribution in [-0.2, 0) is 22.8 Å². The van der Waals surface area contributed by atoms with Gasteiger partial charge in [0.05, 0.1) is 16.5 Å². The van der Waals surface area contributed by atoms with Crippen molar-refractivity contribution in [1.29, 1.82) is 5.26 Å². The van der Waals surface area contributed by atoms with Gasteiger partial charge >= 0.3 is 0 Å². The van der Waals surface area contributed by atoms with Crippen LogP contribution < -0.4 is 0 Å². The molecule has 0 aliphatic carbocycles. The largest absolute Gasteiger partial charge is 0.396 e. The van der Waals surface area contributed by atoms with Crippen molar-refractivity contribution in [3.05, 3.63) is 29.5 Å². The fraction of sp³-hybridized carbons (Fsp3) is 0.357. The van der Waals surface area contributed by atoms with Crippen LogP contribution in [0.2, 0.25) is 0 Å². The van der Waals surface area contributed by atoms with Gasteiger partial charge in [0.25, 0.3) is 0 Å². The topological polar surface area (TPSA) is 83.1 Å². The van der Waals surface area contributed by atoms with Crippen LogP contribution in [0, 0.1) is 18.3 Å². The van der Waals surface area contributed by atoms with Crippen molar-refractivity contribution >= 4 is 20.7 Å². The van der Waals surface area contributed by atoms with Crippen molar-refractivity contribution in [1.82, 2.24) is 4.57 Å². The highest BCUT2D eigenvalue weighted by atomic mass is 32.2. The molecule has 6 heteroatoms. The summed E-state index contributed by atoms with van der Waals surface area (Å²) in [5, 5.41) is 18.8. The van der Waals surface area contributed by atoms with Gasteiger partial charge in [0, 0.05) is 30.4 Å². The van der Waals surface area contributed by atoms with E-state index < -0.39 is 9.84 Å². The number of nitriles is 1. The normalized spacial score (nSPS) is 11.7. The number of aromatic nitrogens is 1. The van der Waals surface area contributed by atoms with Gasteiger partial charge in [-0.05, 0) is 19.1 Å². The number of fused-ring (bicyclic) bond motifs is 1. The Balaban J connectivity index is 2.96. The van der Waals surface area contributed by atoms with Crippen LogP contribution in [0.4, 0.5) is 0 Å². The van der Waals surface area contributed by atoms with Crippen molar-refractivity contribution in [2.24, 2.45) is 0 Å². The third-order valence-electron chi connectivity index (χ3n) is 3.22. The van der Waals surface area contributed by atoms with Gasteiger partial charge in [0.1, 0.15) is 6.54 Å². The Bertz CT molecular complexity index is 798. The standard InChI is InChI=1S/C14H16N2O3S/c1-10-3-4-12-11(9-10)14(20(2,18)19)13(5-8-17)16(12)7-6-15/h3-4,9,17H,5,7-8H2,1-2H3. The van der Waals surface area contributed by atoms with Crippen molar-refractivity contribution in [3.63, 3.8) is 0 Å². The fourth-order valence-corrected chi connectivity index (χ4v) is 3.71. The number of aliphatic hydroxyl groups is 1. The molecule has 0 unspecified atom stereocenters. The Kier molecular flexibility index (Phi) is 3.84. The van der Waals surface area contributed by atoms with Gasteiger partial charge in [-0.25, -0.2) is 8.42 Å². The molecule has 0 saturated heterocycles. The summed E-state index contributed by atoms with van der Waals surface area (Å²) >= 11 is 0. The Labute approximate surface area is 118 Å². The maximum Gasteiger partial charge on any atom is 0.177 e. The van der Waals surface area contributed by atoms with Gasteiger partial charge in [0.2, 0.25) is 0 Å². The average Bonchev–Trinajstić information content (AvgIpc) is 2.63. The average molecular weight is 292 g/mol. The number of aryl methyl sites for hydroxylation is 1. The van der Waals surface area contributed by atoms with Crippen LogP contribution >= 0.6 is 0 Å². The molecule has 2 rings (SSSR count). The lowest BCUT2D eigenvalue weighted by molar-refractivity contribution is 0.296. The summed E-state index contributed by atoms with van der Waals surface area (Å²) in [6.07, 6.45) is 1.36. The molecule has 2 aromatic rings. The zero-order valence-corrected chi connectivity index (χ0v) is 12.2. The highest BCUT2D eigenvalue weighted by Crippen LogP contribution is 2.31. The van der Waals surface area contributed by atoms with Crippen LogP contribution in [0.25, 0.3) is 10.9 Å². The van der Waals surface area contributed by atoms with Crippen LogP contribution in [0.5, 0.6) is 0 Å². The van der Waals surface area contributed by atoms with Gasteiger partial charge in [-0.2, -0.15) is 5.26 Å². The summed E-state index contributed by atoms with van der Waals surface area (Å²) < 4.78 is 25.9. The molecule has 106 valence electrons. The van der Waals surface area contributed by atoms with Crippen molar-refractivity contribution in [3.8, 4) is 6.07 Å². The predicted molar refractivity (Wildman–Crippen MR) is 76.2 cm³/mol. The molecule has 0 saturated carbocycles. The molecule has 1 heterocycles. The van der Waals surface area contributed by atoms with Gasteiger partial charge in [-0.1, -0.05) is 11.6 Å². The lowest BCUT2D eigenvalue weighted by Crippen LogP contribution is -2.08. The Hall–Kier alpha value is -1.84. The molecule has 1 aromatic carbocycles. The minimum atomic E-state index is -3.44. The summed E-state index contributed by atoms with van der Waals surface area (Å²) in [6, 6.07) is 7.54. The molecule has 5 nitrogen and oxygen atoms in total. The lowest BCUT2D eigenvalue weighted by Gasteiger charge is -2.06. The molecule has 0 aliphatic heterocycles. The first-order chi connectivity index (χ1) is 9.40. The van der Waals surface area contributed by atoms with Gasteiger partial charge in [-0.15, -0.1) is 0 Å². The van der Waals surface area contributed by atoms with Gasteiger partial charge in [-0.3, -0.25) is 0 Å². The second kappa shape index (κ2) is 5.27.